The maximum Gasteiger partial charge on any atom is 0.234 e. The first kappa shape index (κ1) is 21.0. The van der Waals surface area contributed by atoms with Gasteiger partial charge in [0.15, 0.2) is 5.78 Å². The number of rotatable bonds is 9. The van der Waals surface area contributed by atoms with Crippen molar-refractivity contribution in [2.24, 2.45) is 11.7 Å². The van der Waals surface area contributed by atoms with Gasteiger partial charge < -0.3 is 11.1 Å². The van der Waals surface area contributed by atoms with E-state index in [1.54, 1.807) is 0 Å². The summed E-state index contributed by atoms with van der Waals surface area (Å²) in [5, 5.41) is 3.03. The number of fused-ring (bicyclic) bond motifs is 1. The minimum absolute atomic E-state index is 0.0213. The Morgan fingerprint density at radius 2 is 1.71 bits per heavy atom. The summed E-state index contributed by atoms with van der Waals surface area (Å²) in [4.78, 5) is 27.8. The van der Waals surface area contributed by atoms with E-state index in [2.05, 4.69) is 34.5 Å². The summed E-state index contributed by atoms with van der Waals surface area (Å²) in [5.74, 6) is 0.496. The molecule has 1 aliphatic carbocycles. The molecule has 1 atom stereocenters. The van der Waals surface area contributed by atoms with Crippen molar-refractivity contribution in [3.63, 3.8) is 0 Å². The monoisotopic (exact) mass is 385 g/mol. The van der Waals surface area contributed by atoms with Gasteiger partial charge in [-0.25, -0.2) is 0 Å². The number of benzene rings is 1. The second-order valence-electron chi connectivity index (χ2n) is 8.45. The zero-order chi connectivity index (χ0) is 19.8. The topological polar surface area (TPSA) is 75.4 Å². The molecule has 3 N–H and O–H groups in total. The molecule has 3 rings (SSSR count). The summed E-state index contributed by atoms with van der Waals surface area (Å²) in [5.41, 5.74) is 8.39. The van der Waals surface area contributed by atoms with Crippen molar-refractivity contribution in [1.82, 2.24) is 10.2 Å². The summed E-state index contributed by atoms with van der Waals surface area (Å²) in [6, 6.07) is 8.06. The van der Waals surface area contributed by atoms with Crippen LogP contribution in [0.25, 0.3) is 0 Å². The lowest BCUT2D eigenvalue weighted by atomic mass is 9.94. The van der Waals surface area contributed by atoms with Crippen molar-refractivity contribution < 1.29 is 9.59 Å². The molecule has 0 spiro atoms. The Morgan fingerprint density at radius 3 is 2.32 bits per heavy atom. The van der Waals surface area contributed by atoms with Crippen LogP contribution in [0.3, 0.4) is 0 Å². The van der Waals surface area contributed by atoms with E-state index < -0.39 is 6.04 Å². The molecule has 1 saturated heterocycles. The summed E-state index contributed by atoms with van der Waals surface area (Å²) in [6.45, 7) is 2.91. The van der Waals surface area contributed by atoms with Gasteiger partial charge in [-0.3, -0.25) is 14.5 Å². The number of nitrogens with one attached hydrogen (secondary N) is 1. The highest BCUT2D eigenvalue weighted by Gasteiger charge is 2.28. The fraction of sp³-hybridized carbons (Fsp3) is 0.652. The molecule has 0 unspecified atom stereocenters. The van der Waals surface area contributed by atoms with E-state index in [0.717, 1.165) is 45.2 Å². The number of ketones is 1. The highest BCUT2D eigenvalue weighted by molar-refractivity contribution is 5.89. The molecule has 1 amide bonds. The number of nitrogens with zero attached hydrogens (tertiary/aromatic N) is 1. The summed E-state index contributed by atoms with van der Waals surface area (Å²) in [7, 11) is 0. The third-order valence-electron chi connectivity index (χ3n) is 6.11. The smallest absolute Gasteiger partial charge is 0.234 e. The number of hydrogen-bond acceptors (Lipinski definition) is 4. The van der Waals surface area contributed by atoms with Crippen LogP contribution >= 0.6 is 0 Å². The molecule has 1 heterocycles. The molecule has 5 heteroatoms. The lowest BCUT2D eigenvalue weighted by Crippen LogP contribution is -2.46. The zero-order valence-electron chi connectivity index (χ0n) is 17.0. The number of carbonyl (C=O) groups is 2. The Morgan fingerprint density at radius 1 is 1.07 bits per heavy atom. The Bertz CT molecular complexity index is 628. The number of amides is 1. The van der Waals surface area contributed by atoms with E-state index in [9.17, 15) is 9.59 Å². The maximum atomic E-state index is 13.0. The quantitative estimate of drug-likeness (QED) is 0.685. The Balaban J connectivity index is 1.52. The fourth-order valence-electron chi connectivity index (χ4n) is 4.59. The molecule has 1 aliphatic heterocycles. The minimum Gasteiger partial charge on any atom is -0.345 e. The van der Waals surface area contributed by atoms with Crippen LogP contribution in [0.5, 0.6) is 0 Å². The molecule has 2 aliphatic rings. The van der Waals surface area contributed by atoms with Crippen LogP contribution in [-0.2, 0) is 22.4 Å². The van der Waals surface area contributed by atoms with Gasteiger partial charge in [-0.15, -0.1) is 0 Å². The van der Waals surface area contributed by atoms with Crippen molar-refractivity contribution in [3.05, 3.63) is 35.4 Å². The van der Waals surface area contributed by atoms with Gasteiger partial charge in [0.05, 0.1) is 12.6 Å². The zero-order valence-corrected chi connectivity index (χ0v) is 17.0. The van der Waals surface area contributed by atoms with Crippen LogP contribution in [0.15, 0.2) is 24.3 Å². The van der Waals surface area contributed by atoms with Crippen LogP contribution in [0.2, 0.25) is 0 Å². The number of carbonyl (C=O) groups excluding carboxylic acids is 2. The average Bonchev–Trinajstić information content (AvgIpc) is 2.91. The second kappa shape index (κ2) is 10.7. The lowest BCUT2D eigenvalue weighted by molar-refractivity contribution is -0.129. The van der Waals surface area contributed by atoms with Gasteiger partial charge in [0.25, 0.3) is 0 Å². The van der Waals surface area contributed by atoms with Gasteiger partial charge in [-0.2, -0.15) is 0 Å². The Kier molecular flexibility index (Phi) is 8.04. The third kappa shape index (κ3) is 6.14. The normalized spacial score (nSPS) is 19.0. The van der Waals surface area contributed by atoms with Crippen molar-refractivity contribution in [3.8, 4) is 0 Å². The molecule has 1 fully saturated rings. The standard InChI is InChI=1S/C23H35N3O2/c24-11-7-10-21(25-23(28)17-26-12-5-1-2-6-13-26)22(27)16-18-14-19-8-3-4-9-20(19)15-18/h3-4,8-9,18,21H,1-2,5-7,10-17,24H2,(H,25,28)/t21-/m1/s1. The largest absolute Gasteiger partial charge is 0.345 e. The molecular weight excluding hydrogens is 350 g/mol. The van der Waals surface area contributed by atoms with Crippen LogP contribution < -0.4 is 11.1 Å². The molecule has 1 aromatic rings. The fourth-order valence-corrected chi connectivity index (χ4v) is 4.59. The van der Waals surface area contributed by atoms with Gasteiger partial charge in [0.1, 0.15) is 0 Å². The molecule has 0 radical (unpaired) electrons. The summed E-state index contributed by atoms with van der Waals surface area (Å²) in [6.07, 6.45) is 8.68. The van der Waals surface area contributed by atoms with Crippen molar-refractivity contribution >= 4 is 11.7 Å². The SMILES string of the molecule is NCCC[C@@H](NC(=O)CN1CCCCCC1)C(=O)CC1Cc2ccccc2C1. The highest BCUT2D eigenvalue weighted by atomic mass is 16.2. The van der Waals surface area contributed by atoms with Crippen molar-refractivity contribution in [2.75, 3.05) is 26.2 Å². The van der Waals surface area contributed by atoms with Gasteiger partial charge in [-0.1, -0.05) is 37.1 Å². The molecule has 0 bridgehead atoms. The van der Waals surface area contributed by atoms with E-state index in [1.165, 1.54) is 24.0 Å². The van der Waals surface area contributed by atoms with Crippen LogP contribution in [0, 0.1) is 5.92 Å². The van der Waals surface area contributed by atoms with Crippen molar-refractivity contribution in [2.45, 2.75) is 63.8 Å². The molecule has 154 valence electrons. The van der Waals surface area contributed by atoms with E-state index in [-0.39, 0.29) is 11.7 Å². The molecule has 0 aromatic heterocycles. The van der Waals surface area contributed by atoms with E-state index >= 15 is 0 Å². The summed E-state index contributed by atoms with van der Waals surface area (Å²) >= 11 is 0. The van der Waals surface area contributed by atoms with Gasteiger partial charge in [0.2, 0.25) is 5.91 Å². The first-order chi connectivity index (χ1) is 13.7. The van der Waals surface area contributed by atoms with E-state index in [1.807, 2.05) is 0 Å². The third-order valence-corrected chi connectivity index (χ3v) is 6.11. The molecule has 1 aromatic carbocycles. The van der Waals surface area contributed by atoms with Crippen LogP contribution in [0.1, 0.15) is 56.1 Å². The summed E-state index contributed by atoms with van der Waals surface area (Å²) < 4.78 is 0. The highest BCUT2D eigenvalue weighted by Crippen LogP contribution is 2.29. The number of Topliss-reactive ketones (excluding diaryl/α,β-unsaturated/α-hetero) is 1. The Labute approximate surface area is 169 Å². The van der Waals surface area contributed by atoms with E-state index in [4.69, 9.17) is 5.73 Å². The van der Waals surface area contributed by atoms with Crippen molar-refractivity contribution in [1.29, 1.82) is 0 Å². The molecule has 5 nitrogen and oxygen atoms in total. The predicted octanol–water partition coefficient (Wildman–Crippen LogP) is 2.46. The number of hydrogen-bond donors (Lipinski definition) is 2. The Hall–Kier alpha value is -1.72. The molecule has 0 saturated carbocycles. The number of likely N-dealkylation sites (tertiary alicyclic amines) is 1. The second-order valence-corrected chi connectivity index (χ2v) is 8.45. The molecular formula is C23H35N3O2. The van der Waals surface area contributed by atoms with Crippen LogP contribution in [0.4, 0.5) is 0 Å². The number of nitrogens with two attached hydrogens (primary N) is 1. The van der Waals surface area contributed by atoms with Gasteiger partial charge >= 0.3 is 0 Å². The van der Waals surface area contributed by atoms with Gasteiger partial charge in [0, 0.05) is 6.42 Å². The molecule has 28 heavy (non-hydrogen) atoms. The maximum absolute atomic E-state index is 13.0. The van der Waals surface area contributed by atoms with Gasteiger partial charge in [-0.05, 0) is 75.2 Å². The first-order valence-corrected chi connectivity index (χ1v) is 11.0. The first-order valence-electron chi connectivity index (χ1n) is 11.0. The van der Waals surface area contributed by atoms with Crippen LogP contribution in [-0.4, -0.2) is 48.8 Å². The lowest BCUT2D eigenvalue weighted by Gasteiger charge is -2.23. The minimum atomic E-state index is -0.397. The predicted molar refractivity (Wildman–Crippen MR) is 112 cm³/mol. The average molecular weight is 386 g/mol. The van der Waals surface area contributed by atoms with E-state index in [0.29, 0.717) is 31.8 Å².